The van der Waals surface area contributed by atoms with Crippen LogP contribution in [0.2, 0.25) is 0 Å². The van der Waals surface area contributed by atoms with E-state index in [0.29, 0.717) is 17.7 Å². The third-order valence-electron chi connectivity index (χ3n) is 7.05. The van der Waals surface area contributed by atoms with Gasteiger partial charge in [-0.05, 0) is 60.2 Å². The molecule has 0 unspecified atom stereocenters. The van der Waals surface area contributed by atoms with Gasteiger partial charge in [-0.15, -0.1) is 0 Å². The molecule has 1 fully saturated rings. The fourth-order valence-electron chi connectivity index (χ4n) is 4.81. The Labute approximate surface area is 251 Å². The van der Waals surface area contributed by atoms with Crippen molar-refractivity contribution in [3.05, 3.63) is 106 Å². The Morgan fingerprint density at radius 2 is 1.53 bits per heavy atom. The van der Waals surface area contributed by atoms with Crippen LogP contribution >= 0.6 is 0 Å². The van der Waals surface area contributed by atoms with Gasteiger partial charge in [0.25, 0.3) is 11.8 Å². The molecular formula is C30H25F7N4O4. The smallest absolute Gasteiger partial charge is 0.416 e. The van der Waals surface area contributed by atoms with Crippen LogP contribution in [0.3, 0.4) is 0 Å². The van der Waals surface area contributed by atoms with Crippen LogP contribution in [0.5, 0.6) is 0 Å². The zero-order valence-corrected chi connectivity index (χ0v) is 23.2. The molecule has 0 spiro atoms. The summed E-state index contributed by atoms with van der Waals surface area (Å²) in [5, 5.41) is 11.7. The van der Waals surface area contributed by atoms with Gasteiger partial charge >= 0.3 is 18.4 Å². The van der Waals surface area contributed by atoms with E-state index in [1.54, 1.807) is 30.3 Å². The van der Waals surface area contributed by atoms with E-state index in [1.807, 2.05) is 10.6 Å². The van der Waals surface area contributed by atoms with Gasteiger partial charge < -0.3 is 9.64 Å². The third kappa shape index (κ3) is 8.37. The van der Waals surface area contributed by atoms with Gasteiger partial charge in [-0.3, -0.25) is 25.6 Å². The fourth-order valence-corrected chi connectivity index (χ4v) is 4.81. The number of hydrogen-bond acceptors (Lipinski definition) is 5. The van der Waals surface area contributed by atoms with Crippen molar-refractivity contribution in [2.24, 2.45) is 0 Å². The fraction of sp³-hybridized carbons (Fsp3) is 0.267. The molecule has 1 heterocycles. The highest BCUT2D eigenvalue weighted by atomic mass is 19.4. The molecule has 3 N–H and O–H groups in total. The summed E-state index contributed by atoms with van der Waals surface area (Å²) in [6.07, 6.45) is -10.7. The molecule has 0 bridgehead atoms. The third-order valence-corrected chi connectivity index (χ3v) is 7.05. The molecule has 4 rings (SSSR count). The molecule has 3 amide bonds. The Morgan fingerprint density at radius 3 is 2.13 bits per heavy atom. The highest BCUT2D eigenvalue weighted by molar-refractivity contribution is 6.08. The minimum absolute atomic E-state index is 0.0300. The van der Waals surface area contributed by atoms with Crippen LogP contribution in [-0.4, -0.2) is 41.9 Å². The predicted molar refractivity (Wildman–Crippen MR) is 146 cm³/mol. The average molecular weight is 639 g/mol. The molecule has 1 saturated heterocycles. The van der Waals surface area contributed by atoms with Crippen molar-refractivity contribution in [2.45, 2.75) is 37.7 Å². The molecule has 0 saturated carbocycles. The predicted octanol–water partition coefficient (Wildman–Crippen LogP) is 6.47. The number of hydrogen-bond donors (Lipinski definition) is 3. The number of carbonyl (C=O) groups is 3. The number of alkyl carbamates (subject to hydrolysis) is 1. The maximum Gasteiger partial charge on any atom is 0.416 e. The van der Waals surface area contributed by atoms with Gasteiger partial charge in [0.2, 0.25) is 5.96 Å². The molecule has 1 aliphatic rings. The van der Waals surface area contributed by atoms with Crippen LogP contribution in [0.4, 0.5) is 35.5 Å². The number of carbonyl (C=O) groups excluding carboxylic acids is 3. The van der Waals surface area contributed by atoms with Crippen molar-refractivity contribution < 1.29 is 49.9 Å². The standard InChI is InChI=1S/C30H25F7N4O4/c31-24-15-20(29(32,33)34)7-9-22(24)26(43)41-12-10-18(11-13-41)21-8-6-19(14-23(21)30(35,36)37)25(42)39-27(38)40-28(44)45-16-17-4-2-1-3-5-17/h1-9,14-15,18H,10-13,16H2,(H3,38,39,40,42,44). The van der Waals surface area contributed by atoms with Gasteiger partial charge in [0.1, 0.15) is 12.4 Å². The summed E-state index contributed by atoms with van der Waals surface area (Å²) in [5.74, 6) is -4.88. The summed E-state index contributed by atoms with van der Waals surface area (Å²) < 4.78 is 99.9. The number of nitrogens with one attached hydrogen (secondary N) is 3. The quantitative estimate of drug-likeness (QED) is 0.169. The Bertz CT molecular complexity index is 1590. The van der Waals surface area contributed by atoms with E-state index in [4.69, 9.17) is 10.1 Å². The lowest BCUT2D eigenvalue weighted by Crippen LogP contribution is -2.43. The molecule has 3 aromatic carbocycles. The Hall–Kier alpha value is -4.95. The number of halogens is 7. The van der Waals surface area contributed by atoms with Crippen LogP contribution in [0.15, 0.2) is 66.7 Å². The van der Waals surface area contributed by atoms with Crippen molar-refractivity contribution in [1.82, 2.24) is 15.5 Å². The number of likely N-dealkylation sites (tertiary alicyclic amines) is 1. The van der Waals surface area contributed by atoms with Gasteiger partial charge in [-0.1, -0.05) is 36.4 Å². The minimum Gasteiger partial charge on any atom is -0.444 e. The number of benzene rings is 3. The number of ether oxygens (including phenoxy) is 1. The topological polar surface area (TPSA) is 112 Å². The lowest BCUT2D eigenvalue weighted by atomic mass is 9.85. The zero-order chi connectivity index (χ0) is 32.9. The summed E-state index contributed by atoms with van der Waals surface area (Å²) in [6.45, 7) is -0.303. The maximum absolute atomic E-state index is 14.3. The first-order chi connectivity index (χ1) is 21.1. The second kappa shape index (κ2) is 13.4. The van der Waals surface area contributed by atoms with E-state index >= 15 is 0 Å². The highest BCUT2D eigenvalue weighted by Gasteiger charge is 2.38. The van der Waals surface area contributed by atoms with Crippen LogP contribution in [0.1, 0.15) is 61.7 Å². The van der Waals surface area contributed by atoms with Crippen LogP contribution in [-0.2, 0) is 23.7 Å². The minimum atomic E-state index is -4.88. The van der Waals surface area contributed by atoms with Crippen molar-refractivity contribution >= 4 is 23.9 Å². The van der Waals surface area contributed by atoms with Crippen LogP contribution < -0.4 is 10.6 Å². The maximum atomic E-state index is 14.3. The number of alkyl halides is 6. The van der Waals surface area contributed by atoms with E-state index in [1.165, 1.54) is 0 Å². The Balaban J connectivity index is 1.38. The summed E-state index contributed by atoms with van der Waals surface area (Å²) in [5.41, 5.74) is -2.90. The average Bonchev–Trinajstić information content (AvgIpc) is 2.99. The van der Waals surface area contributed by atoms with Gasteiger partial charge in [0.05, 0.1) is 16.7 Å². The van der Waals surface area contributed by atoms with E-state index in [-0.39, 0.29) is 44.2 Å². The number of nitrogens with zero attached hydrogens (tertiary/aromatic N) is 1. The molecule has 0 aromatic heterocycles. The van der Waals surface area contributed by atoms with Crippen molar-refractivity contribution in [2.75, 3.05) is 13.1 Å². The second-order valence-corrected chi connectivity index (χ2v) is 10.1. The van der Waals surface area contributed by atoms with Gasteiger partial charge in [0.15, 0.2) is 0 Å². The van der Waals surface area contributed by atoms with E-state index in [9.17, 15) is 45.1 Å². The highest BCUT2D eigenvalue weighted by Crippen LogP contribution is 2.40. The lowest BCUT2D eigenvalue weighted by Gasteiger charge is -2.33. The molecule has 0 aliphatic carbocycles. The van der Waals surface area contributed by atoms with Gasteiger partial charge in [0, 0.05) is 18.7 Å². The number of rotatable bonds is 5. The molecule has 45 heavy (non-hydrogen) atoms. The number of amides is 3. The molecule has 0 radical (unpaired) electrons. The number of piperidine rings is 1. The molecule has 0 atom stereocenters. The van der Waals surface area contributed by atoms with Crippen LogP contribution in [0, 0.1) is 11.2 Å². The van der Waals surface area contributed by atoms with Crippen molar-refractivity contribution in [1.29, 1.82) is 5.41 Å². The van der Waals surface area contributed by atoms with E-state index in [0.717, 1.165) is 23.1 Å². The molecule has 15 heteroatoms. The normalized spacial score (nSPS) is 14.1. The molecule has 1 aliphatic heterocycles. The van der Waals surface area contributed by atoms with Crippen LogP contribution in [0.25, 0.3) is 0 Å². The monoisotopic (exact) mass is 638 g/mol. The largest absolute Gasteiger partial charge is 0.444 e. The molecular weight excluding hydrogens is 613 g/mol. The summed E-state index contributed by atoms with van der Waals surface area (Å²) in [4.78, 5) is 38.4. The van der Waals surface area contributed by atoms with E-state index < -0.39 is 70.2 Å². The van der Waals surface area contributed by atoms with Crippen molar-refractivity contribution in [3.63, 3.8) is 0 Å². The SMILES string of the molecule is N=C(NC(=O)OCc1ccccc1)NC(=O)c1ccc(C2CCN(C(=O)c3ccc(C(F)(F)F)cc3F)CC2)c(C(F)(F)F)c1. The molecule has 238 valence electrons. The first kappa shape index (κ1) is 33.0. The second-order valence-electron chi connectivity index (χ2n) is 10.1. The molecule has 3 aromatic rings. The Kier molecular flexibility index (Phi) is 9.78. The zero-order valence-electron chi connectivity index (χ0n) is 23.2. The summed E-state index contributed by atoms with van der Waals surface area (Å²) in [6, 6.07) is 12.9. The van der Waals surface area contributed by atoms with Crippen molar-refractivity contribution in [3.8, 4) is 0 Å². The molecule has 8 nitrogen and oxygen atoms in total. The summed E-state index contributed by atoms with van der Waals surface area (Å²) >= 11 is 0. The first-order valence-corrected chi connectivity index (χ1v) is 13.4. The van der Waals surface area contributed by atoms with Gasteiger partial charge in [-0.25, -0.2) is 9.18 Å². The number of guanidine groups is 1. The lowest BCUT2D eigenvalue weighted by molar-refractivity contribution is -0.139. The Morgan fingerprint density at radius 1 is 0.867 bits per heavy atom. The van der Waals surface area contributed by atoms with E-state index in [2.05, 4.69) is 0 Å². The first-order valence-electron chi connectivity index (χ1n) is 13.4. The van der Waals surface area contributed by atoms with Gasteiger partial charge in [-0.2, -0.15) is 26.3 Å². The summed E-state index contributed by atoms with van der Waals surface area (Å²) in [7, 11) is 0.